The molecule has 7 nitrogen and oxygen atoms in total. The van der Waals surface area contributed by atoms with Crippen LogP contribution in [-0.2, 0) is 14.8 Å². The lowest BCUT2D eigenvalue weighted by atomic mass is 10.0. The first-order valence-corrected chi connectivity index (χ1v) is 8.05. The Balaban J connectivity index is 2.20. The number of ether oxygens (including phenoxy) is 1. The summed E-state index contributed by atoms with van der Waals surface area (Å²) < 4.78 is 30.5. The standard InChI is InChI=1S/C13H21N3O4S/c1-16(2)21(18,19)10-3-4-11(14)12(7-10)15-8-13(17)5-6-20-9-13/h3-4,7,15,17H,5-6,8-9,14H2,1-2H3. The highest BCUT2D eigenvalue weighted by atomic mass is 32.2. The molecule has 0 aromatic heterocycles. The van der Waals surface area contributed by atoms with Gasteiger partial charge >= 0.3 is 0 Å². The van der Waals surface area contributed by atoms with Gasteiger partial charge in [0.25, 0.3) is 0 Å². The second-order valence-corrected chi connectivity index (χ2v) is 7.57. The van der Waals surface area contributed by atoms with E-state index in [0.29, 0.717) is 24.4 Å². The van der Waals surface area contributed by atoms with Crippen molar-refractivity contribution in [2.24, 2.45) is 0 Å². The van der Waals surface area contributed by atoms with Gasteiger partial charge in [-0.2, -0.15) is 0 Å². The molecule has 0 radical (unpaired) electrons. The van der Waals surface area contributed by atoms with Crippen LogP contribution >= 0.6 is 0 Å². The number of anilines is 2. The van der Waals surface area contributed by atoms with Crippen LogP contribution in [0.25, 0.3) is 0 Å². The Labute approximate surface area is 124 Å². The van der Waals surface area contributed by atoms with Crippen LogP contribution in [0.15, 0.2) is 23.1 Å². The quantitative estimate of drug-likeness (QED) is 0.665. The molecule has 1 atom stereocenters. The van der Waals surface area contributed by atoms with E-state index in [2.05, 4.69) is 5.32 Å². The number of nitrogens with two attached hydrogens (primary N) is 1. The maximum absolute atomic E-state index is 12.1. The fraction of sp³-hybridized carbons (Fsp3) is 0.538. The summed E-state index contributed by atoms with van der Waals surface area (Å²) in [4.78, 5) is 0.152. The highest BCUT2D eigenvalue weighted by Crippen LogP contribution is 2.26. The van der Waals surface area contributed by atoms with Gasteiger partial charge in [-0.3, -0.25) is 0 Å². The molecule has 0 saturated carbocycles. The lowest BCUT2D eigenvalue weighted by molar-refractivity contribution is 0.0382. The fourth-order valence-corrected chi connectivity index (χ4v) is 2.98. The summed E-state index contributed by atoms with van der Waals surface area (Å²) in [5.74, 6) is 0. The number of benzene rings is 1. The maximum atomic E-state index is 12.1. The van der Waals surface area contributed by atoms with Crippen LogP contribution in [0.3, 0.4) is 0 Å². The van der Waals surface area contributed by atoms with Gasteiger partial charge in [-0.05, 0) is 18.2 Å². The van der Waals surface area contributed by atoms with Gasteiger partial charge in [-0.1, -0.05) is 0 Å². The summed E-state index contributed by atoms with van der Waals surface area (Å²) in [6.07, 6.45) is 0.537. The van der Waals surface area contributed by atoms with Crippen LogP contribution < -0.4 is 11.1 Å². The Morgan fingerprint density at radius 3 is 2.76 bits per heavy atom. The second kappa shape index (κ2) is 5.80. The lowest BCUT2D eigenvalue weighted by Gasteiger charge is -2.22. The average Bonchev–Trinajstić information content (AvgIpc) is 2.85. The van der Waals surface area contributed by atoms with Gasteiger partial charge in [0, 0.05) is 33.7 Å². The maximum Gasteiger partial charge on any atom is 0.242 e. The highest BCUT2D eigenvalue weighted by molar-refractivity contribution is 7.89. The van der Waals surface area contributed by atoms with E-state index in [1.54, 1.807) is 0 Å². The van der Waals surface area contributed by atoms with Crippen molar-refractivity contribution in [3.8, 4) is 0 Å². The molecule has 21 heavy (non-hydrogen) atoms. The molecule has 0 bridgehead atoms. The van der Waals surface area contributed by atoms with E-state index >= 15 is 0 Å². The minimum atomic E-state index is -3.52. The Hall–Kier alpha value is -1.35. The molecule has 0 amide bonds. The van der Waals surface area contributed by atoms with E-state index in [4.69, 9.17) is 10.5 Å². The molecule has 0 aliphatic carbocycles. The van der Waals surface area contributed by atoms with Crippen molar-refractivity contribution in [3.05, 3.63) is 18.2 Å². The molecule has 4 N–H and O–H groups in total. The van der Waals surface area contributed by atoms with Crippen LogP contribution in [0.4, 0.5) is 11.4 Å². The van der Waals surface area contributed by atoms with Crippen molar-refractivity contribution in [2.45, 2.75) is 16.9 Å². The monoisotopic (exact) mass is 315 g/mol. The van der Waals surface area contributed by atoms with Gasteiger partial charge < -0.3 is 20.9 Å². The van der Waals surface area contributed by atoms with Crippen molar-refractivity contribution in [1.82, 2.24) is 4.31 Å². The first-order chi connectivity index (χ1) is 9.74. The molecule has 1 fully saturated rings. The third kappa shape index (κ3) is 3.46. The minimum Gasteiger partial charge on any atom is -0.397 e. The molecule has 118 valence electrons. The molecule has 8 heteroatoms. The molecule has 1 aromatic carbocycles. The van der Waals surface area contributed by atoms with E-state index in [1.807, 2.05) is 0 Å². The van der Waals surface area contributed by atoms with Gasteiger partial charge in [0.2, 0.25) is 10.0 Å². The van der Waals surface area contributed by atoms with E-state index in [1.165, 1.54) is 32.3 Å². The van der Waals surface area contributed by atoms with Gasteiger partial charge in [-0.15, -0.1) is 0 Å². The normalized spacial score (nSPS) is 22.7. The molecular formula is C13H21N3O4S. The first kappa shape index (κ1) is 16.0. The zero-order valence-electron chi connectivity index (χ0n) is 12.2. The Bertz CT molecular complexity index is 610. The van der Waals surface area contributed by atoms with Gasteiger partial charge in [0.05, 0.1) is 22.9 Å². The van der Waals surface area contributed by atoms with Crippen molar-refractivity contribution in [3.63, 3.8) is 0 Å². The summed E-state index contributed by atoms with van der Waals surface area (Å²) in [6.45, 7) is 1.03. The summed E-state index contributed by atoms with van der Waals surface area (Å²) in [7, 11) is -0.579. The minimum absolute atomic E-state index is 0.152. The average molecular weight is 315 g/mol. The number of sulfonamides is 1. The summed E-state index contributed by atoms with van der Waals surface area (Å²) >= 11 is 0. The van der Waals surface area contributed by atoms with Gasteiger partial charge in [-0.25, -0.2) is 12.7 Å². The highest BCUT2D eigenvalue weighted by Gasteiger charge is 2.32. The summed E-state index contributed by atoms with van der Waals surface area (Å²) in [5.41, 5.74) is 5.82. The fourth-order valence-electron chi connectivity index (χ4n) is 2.06. The Kier molecular flexibility index (Phi) is 4.43. The number of hydrogen-bond acceptors (Lipinski definition) is 6. The number of nitrogens with one attached hydrogen (secondary N) is 1. The van der Waals surface area contributed by atoms with Crippen LogP contribution in [0.1, 0.15) is 6.42 Å². The van der Waals surface area contributed by atoms with Crippen molar-refractivity contribution in [1.29, 1.82) is 0 Å². The molecule has 2 rings (SSSR count). The summed E-state index contributed by atoms with van der Waals surface area (Å²) in [6, 6.07) is 4.47. The first-order valence-electron chi connectivity index (χ1n) is 6.61. The zero-order chi connectivity index (χ0) is 15.7. The molecule has 1 aliphatic heterocycles. The summed E-state index contributed by atoms with van der Waals surface area (Å²) in [5, 5.41) is 13.2. The molecule has 1 saturated heterocycles. The van der Waals surface area contributed by atoms with Gasteiger partial charge in [0.15, 0.2) is 0 Å². The molecule has 1 unspecified atom stereocenters. The molecule has 1 aliphatic rings. The number of rotatable bonds is 5. The molecule has 1 heterocycles. The Morgan fingerprint density at radius 1 is 1.48 bits per heavy atom. The second-order valence-electron chi connectivity index (χ2n) is 5.42. The van der Waals surface area contributed by atoms with Gasteiger partial charge in [0.1, 0.15) is 5.60 Å². The molecular weight excluding hydrogens is 294 g/mol. The number of hydrogen-bond donors (Lipinski definition) is 3. The molecule has 0 spiro atoms. The topological polar surface area (TPSA) is 105 Å². The van der Waals surface area contributed by atoms with Crippen LogP contribution in [0, 0.1) is 0 Å². The SMILES string of the molecule is CN(C)S(=O)(=O)c1ccc(N)c(NCC2(O)CCOC2)c1. The van der Waals surface area contributed by atoms with Crippen LogP contribution in [0.5, 0.6) is 0 Å². The van der Waals surface area contributed by atoms with E-state index in [-0.39, 0.29) is 18.0 Å². The number of aliphatic hydroxyl groups is 1. The van der Waals surface area contributed by atoms with E-state index in [9.17, 15) is 13.5 Å². The van der Waals surface area contributed by atoms with Crippen LogP contribution in [0.2, 0.25) is 0 Å². The van der Waals surface area contributed by atoms with Crippen molar-refractivity contribution >= 4 is 21.4 Å². The smallest absolute Gasteiger partial charge is 0.242 e. The third-order valence-electron chi connectivity index (χ3n) is 3.49. The largest absolute Gasteiger partial charge is 0.397 e. The molecule has 1 aromatic rings. The third-order valence-corrected chi connectivity index (χ3v) is 5.30. The zero-order valence-corrected chi connectivity index (χ0v) is 13.0. The Morgan fingerprint density at radius 2 is 2.19 bits per heavy atom. The van der Waals surface area contributed by atoms with Crippen molar-refractivity contribution in [2.75, 3.05) is 44.9 Å². The van der Waals surface area contributed by atoms with Crippen LogP contribution in [-0.4, -0.2) is 57.3 Å². The number of nitrogen functional groups attached to an aromatic ring is 1. The predicted octanol–water partition coefficient (Wildman–Crippen LogP) is 0.0824. The van der Waals surface area contributed by atoms with Crippen molar-refractivity contribution < 1.29 is 18.3 Å². The van der Waals surface area contributed by atoms with E-state index in [0.717, 1.165) is 4.31 Å². The lowest BCUT2D eigenvalue weighted by Crippen LogP contribution is -2.37. The predicted molar refractivity (Wildman–Crippen MR) is 80.6 cm³/mol. The van der Waals surface area contributed by atoms with E-state index < -0.39 is 15.6 Å². The number of nitrogens with zero attached hydrogens (tertiary/aromatic N) is 1.